The Bertz CT molecular complexity index is 1180. The number of aliphatic hydroxyl groups excluding tert-OH is 7. The molecule has 1 aliphatic rings. The molecule has 0 aromatic heterocycles. The Hall–Kier alpha value is -1.22. The van der Waals surface area contributed by atoms with Crippen LogP contribution in [0, 0.1) is 0 Å². The van der Waals surface area contributed by atoms with Gasteiger partial charge in [0.1, 0.15) is 36.6 Å². The molecule has 0 aliphatic heterocycles. The van der Waals surface area contributed by atoms with E-state index < -0.39 is 75.2 Å². The first-order chi connectivity index (χ1) is 30.3. The second-order valence-corrected chi connectivity index (χ2v) is 19.6. The normalized spacial score (nSPS) is 23.0. The number of phosphoric acid groups is 1. The molecule has 1 saturated carbocycles. The largest absolute Gasteiger partial charge is 0.472 e. The van der Waals surface area contributed by atoms with Crippen molar-refractivity contribution < 1.29 is 59.0 Å². The van der Waals surface area contributed by atoms with Crippen LogP contribution in [-0.4, -0.2) is 108 Å². The van der Waals surface area contributed by atoms with Crippen LogP contribution in [0.25, 0.3) is 0 Å². The molecule has 8 atom stereocenters. The van der Waals surface area contributed by atoms with Crippen molar-refractivity contribution in [3.05, 3.63) is 24.3 Å². The molecular weight excluding hydrogens is 826 g/mol. The van der Waals surface area contributed by atoms with Gasteiger partial charge in [0.15, 0.2) is 0 Å². The van der Waals surface area contributed by atoms with Gasteiger partial charge in [-0.1, -0.05) is 205 Å². The maximum Gasteiger partial charge on any atom is 0.472 e. The molecule has 0 saturated heterocycles. The van der Waals surface area contributed by atoms with Gasteiger partial charge in [0.05, 0.1) is 31.3 Å². The molecular formula is C49H94NO12P. The zero-order valence-electron chi connectivity index (χ0n) is 39.5. The highest BCUT2D eigenvalue weighted by Crippen LogP contribution is 2.47. The molecule has 0 spiro atoms. The number of nitrogens with one attached hydrogen (secondary N) is 1. The molecule has 0 heterocycles. The molecule has 0 bridgehead atoms. The van der Waals surface area contributed by atoms with Crippen LogP contribution in [0.4, 0.5) is 0 Å². The van der Waals surface area contributed by atoms with Crippen molar-refractivity contribution in [3.8, 4) is 0 Å². The number of hydrogen-bond acceptors (Lipinski definition) is 11. The second-order valence-electron chi connectivity index (χ2n) is 18.2. The summed E-state index contributed by atoms with van der Waals surface area (Å²) in [5.74, 6) is -0.600. The number of aliphatic hydroxyl groups is 7. The first-order valence-corrected chi connectivity index (χ1v) is 26.9. The van der Waals surface area contributed by atoms with Gasteiger partial charge in [0.2, 0.25) is 5.91 Å². The number of carbonyl (C=O) groups is 1. The summed E-state index contributed by atoms with van der Waals surface area (Å²) in [4.78, 5) is 23.5. The zero-order chi connectivity index (χ0) is 46.6. The number of phosphoric ester groups is 1. The van der Waals surface area contributed by atoms with Gasteiger partial charge >= 0.3 is 7.82 Å². The molecule has 0 aromatic rings. The summed E-state index contributed by atoms with van der Waals surface area (Å²) < 4.78 is 22.9. The first-order valence-electron chi connectivity index (χ1n) is 25.4. The summed E-state index contributed by atoms with van der Waals surface area (Å²) >= 11 is 0. The summed E-state index contributed by atoms with van der Waals surface area (Å²) in [6, 6.07) is -1.25. The van der Waals surface area contributed by atoms with Gasteiger partial charge in [-0.2, -0.15) is 0 Å². The van der Waals surface area contributed by atoms with E-state index in [1.54, 1.807) is 6.08 Å². The van der Waals surface area contributed by atoms with E-state index >= 15 is 0 Å². The van der Waals surface area contributed by atoms with Crippen LogP contribution in [0.5, 0.6) is 0 Å². The van der Waals surface area contributed by atoms with Gasteiger partial charge in [-0.25, -0.2) is 4.57 Å². The smallest absolute Gasteiger partial charge is 0.393 e. The number of hydrogen-bond donors (Lipinski definition) is 9. The highest BCUT2D eigenvalue weighted by molar-refractivity contribution is 7.47. The molecule has 14 heteroatoms. The zero-order valence-corrected chi connectivity index (χ0v) is 40.4. The fourth-order valence-electron chi connectivity index (χ4n) is 8.14. The second kappa shape index (κ2) is 38.8. The Morgan fingerprint density at radius 3 is 1.40 bits per heavy atom. The minimum absolute atomic E-state index is 0.249. The van der Waals surface area contributed by atoms with Crippen molar-refractivity contribution in [2.45, 2.75) is 274 Å². The minimum Gasteiger partial charge on any atom is -0.393 e. The third kappa shape index (κ3) is 30.6. The monoisotopic (exact) mass is 920 g/mol. The summed E-state index contributed by atoms with van der Waals surface area (Å²) in [5, 5.41) is 74.5. The van der Waals surface area contributed by atoms with E-state index in [9.17, 15) is 50.0 Å². The van der Waals surface area contributed by atoms with Gasteiger partial charge < -0.3 is 46.0 Å². The minimum atomic E-state index is -5.15. The highest BCUT2D eigenvalue weighted by Gasteiger charge is 2.51. The molecule has 8 unspecified atom stereocenters. The van der Waals surface area contributed by atoms with E-state index in [4.69, 9.17) is 9.05 Å². The molecule has 1 rings (SSSR count). The van der Waals surface area contributed by atoms with Gasteiger partial charge in [0, 0.05) is 0 Å². The van der Waals surface area contributed by atoms with Crippen LogP contribution in [-0.2, 0) is 18.4 Å². The van der Waals surface area contributed by atoms with Crippen LogP contribution in [0.15, 0.2) is 24.3 Å². The van der Waals surface area contributed by atoms with E-state index in [0.717, 1.165) is 44.9 Å². The molecule has 0 radical (unpaired) electrons. The molecule has 9 N–H and O–H groups in total. The predicted octanol–water partition coefficient (Wildman–Crippen LogP) is 9.15. The van der Waals surface area contributed by atoms with Crippen LogP contribution >= 0.6 is 7.82 Å². The Balaban J connectivity index is 2.48. The maximum atomic E-state index is 13.0. The molecule has 1 amide bonds. The van der Waals surface area contributed by atoms with Gasteiger partial charge in [-0.05, 0) is 32.1 Å². The standard InChI is InChI=1S/C49H94NO12P/c1-3-5-7-9-11-13-15-17-19-20-21-22-23-24-26-28-30-32-34-36-40(51)38-43(53)50-41(39-61-63(59,60)62-49-47(57)45(55)44(54)46(56)48(49)58)42(52)37-35-33-31-29-27-25-18-16-14-12-10-8-6-4-2/h27,29,35,37,40-42,44-49,51-52,54-58H,3-26,28,30-34,36,38-39H2,1-2H3,(H,50,53)(H,59,60)/b29-27+,37-35+. The first kappa shape index (κ1) is 59.8. The summed E-state index contributed by atoms with van der Waals surface area (Å²) in [6.07, 6.45) is 29.8. The third-order valence-electron chi connectivity index (χ3n) is 12.3. The van der Waals surface area contributed by atoms with Crippen molar-refractivity contribution in [1.82, 2.24) is 5.32 Å². The van der Waals surface area contributed by atoms with Crippen LogP contribution in [0.3, 0.4) is 0 Å². The number of rotatable bonds is 42. The lowest BCUT2D eigenvalue weighted by atomic mass is 9.85. The van der Waals surface area contributed by atoms with E-state index in [1.165, 1.54) is 147 Å². The number of amides is 1. The average Bonchev–Trinajstić information content (AvgIpc) is 3.26. The fourth-order valence-corrected chi connectivity index (χ4v) is 9.11. The number of unbranched alkanes of at least 4 members (excludes halogenated alkanes) is 27. The lowest BCUT2D eigenvalue weighted by Crippen LogP contribution is -2.64. The SMILES string of the molecule is CCCCCCCCCC/C=C/CC/C=C/C(O)C(COP(=O)(O)OC1C(O)C(O)C(O)C(O)C1O)NC(=O)CC(O)CCCCCCCCCCCCCCCCCCCCC. The van der Waals surface area contributed by atoms with Crippen molar-refractivity contribution in [2.24, 2.45) is 0 Å². The van der Waals surface area contributed by atoms with Crippen molar-refractivity contribution >= 4 is 13.7 Å². The summed E-state index contributed by atoms with van der Waals surface area (Å²) in [5.41, 5.74) is 0. The van der Waals surface area contributed by atoms with E-state index in [2.05, 4.69) is 31.3 Å². The Morgan fingerprint density at radius 1 is 0.556 bits per heavy atom. The van der Waals surface area contributed by atoms with Crippen molar-refractivity contribution in [3.63, 3.8) is 0 Å². The average molecular weight is 920 g/mol. The van der Waals surface area contributed by atoms with E-state index in [-0.39, 0.29) is 6.42 Å². The summed E-state index contributed by atoms with van der Waals surface area (Å²) in [7, 11) is -5.15. The van der Waals surface area contributed by atoms with Crippen LogP contribution in [0.2, 0.25) is 0 Å². The molecule has 372 valence electrons. The Labute approximate surface area is 382 Å². The van der Waals surface area contributed by atoms with Gasteiger partial charge in [-0.15, -0.1) is 0 Å². The highest BCUT2D eigenvalue weighted by atomic mass is 31.2. The molecule has 1 aliphatic carbocycles. The molecule has 1 fully saturated rings. The van der Waals surface area contributed by atoms with E-state index in [0.29, 0.717) is 12.8 Å². The Kier molecular flexibility index (Phi) is 36.9. The predicted molar refractivity (Wildman–Crippen MR) is 252 cm³/mol. The lowest BCUT2D eigenvalue weighted by Gasteiger charge is -2.41. The van der Waals surface area contributed by atoms with Gasteiger partial charge in [-0.3, -0.25) is 13.8 Å². The fraction of sp³-hybridized carbons (Fsp3) is 0.898. The maximum absolute atomic E-state index is 13.0. The molecule has 13 nitrogen and oxygen atoms in total. The van der Waals surface area contributed by atoms with E-state index in [1.807, 2.05) is 0 Å². The Morgan fingerprint density at radius 2 is 0.937 bits per heavy atom. The summed E-state index contributed by atoms with van der Waals surface area (Å²) in [6.45, 7) is 3.74. The molecule has 0 aromatic carbocycles. The molecule has 63 heavy (non-hydrogen) atoms. The number of allylic oxidation sites excluding steroid dienone is 3. The van der Waals surface area contributed by atoms with Crippen molar-refractivity contribution in [2.75, 3.05) is 6.61 Å². The lowest BCUT2D eigenvalue weighted by molar-refractivity contribution is -0.220. The van der Waals surface area contributed by atoms with Crippen LogP contribution < -0.4 is 5.32 Å². The van der Waals surface area contributed by atoms with Crippen molar-refractivity contribution in [1.29, 1.82) is 0 Å². The number of carbonyl (C=O) groups excluding carboxylic acids is 1. The topological polar surface area (TPSA) is 226 Å². The third-order valence-corrected chi connectivity index (χ3v) is 13.3. The van der Waals surface area contributed by atoms with Crippen LogP contribution in [0.1, 0.15) is 219 Å². The van der Waals surface area contributed by atoms with Gasteiger partial charge in [0.25, 0.3) is 0 Å². The quantitative estimate of drug-likeness (QED) is 0.0159.